The van der Waals surface area contributed by atoms with Crippen LogP contribution in [0, 0.1) is 0 Å². The first-order valence-corrected chi connectivity index (χ1v) is 8.38. The first-order valence-electron chi connectivity index (χ1n) is 8.38. The summed E-state index contributed by atoms with van der Waals surface area (Å²) in [5, 5.41) is 7.19. The largest absolute Gasteiger partial charge is 0.373 e. The zero-order valence-corrected chi connectivity index (χ0v) is 14.2. The van der Waals surface area contributed by atoms with Crippen molar-refractivity contribution in [1.82, 2.24) is 20.0 Å². The molecule has 1 aliphatic heterocycles. The lowest BCUT2D eigenvalue weighted by atomic mass is 10.2. The Kier molecular flexibility index (Phi) is 5.27. The number of carbonyl (C=O) groups excluding carboxylic acids is 1. The Morgan fingerprint density at radius 1 is 1.29 bits per heavy atom. The highest BCUT2D eigenvalue weighted by Gasteiger charge is 2.21. The Balaban J connectivity index is 1.53. The molecule has 24 heavy (non-hydrogen) atoms. The Hall–Kier alpha value is -2.18. The maximum absolute atomic E-state index is 12.4. The van der Waals surface area contributed by atoms with Crippen LogP contribution < -0.4 is 5.32 Å². The van der Waals surface area contributed by atoms with Crippen molar-refractivity contribution in [3.8, 4) is 5.69 Å². The average molecular weight is 328 g/mol. The number of rotatable bonds is 5. The van der Waals surface area contributed by atoms with E-state index in [-0.39, 0.29) is 18.1 Å². The van der Waals surface area contributed by atoms with E-state index in [0.717, 1.165) is 25.3 Å². The van der Waals surface area contributed by atoms with Crippen molar-refractivity contribution in [3.63, 3.8) is 0 Å². The first kappa shape index (κ1) is 16.7. The lowest BCUT2D eigenvalue weighted by Crippen LogP contribution is -2.47. The Labute approximate surface area is 142 Å². The second-order valence-electron chi connectivity index (χ2n) is 6.27. The molecule has 1 saturated heterocycles. The molecule has 128 valence electrons. The molecule has 6 heteroatoms. The van der Waals surface area contributed by atoms with Crippen LogP contribution in [-0.4, -0.2) is 59.0 Å². The molecule has 0 unspecified atom stereocenters. The zero-order valence-electron chi connectivity index (χ0n) is 14.2. The van der Waals surface area contributed by atoms with Gasteiger partial charge in [-0.1, -0.05) is 6.07 Å². The molecule has 1 aliphatic rings. The number of morpholine rings is 1. The van der Waals surface area contributed by atoms with E-state index in [0.29, 0.717) is 12.1 Å². The summed E-state index contributed by atoms with van der Waals surface area (Å²) in [6, 6.07) is 9.33. The van der Waals surface area contributed by atoms with Gasteiger partial charge < -0.3 is 10.1 Å². The van der Waals surface area contributed by atoms with Gasteiger partial charge in [-0.05, 0) is 38.1 Å². The summed E-state index contributed by atoms with van der Waals surface area (Å²) in [5.74, 6) is -0.0571. The van der Waals surface area contributed by atoms with Crippen molar-refractivity contribution in [1.29, 1.82) is 0 Å². The first-order chi connectivity index (χ1) is 11.6. The minimum atomic E-state index is -0.0571. The van der Waals surface area contributed by atoms with Crippen molar-refractivity contribution < 1.29 is 9.53 Å². The average Bonchev–Trinajstić information content (AvgIpc) is 3.08. The number of carbonyl (C=O) groups is 1. The lowest BCUT2D eigenvalue weighted by molar-refractivity contribution is -0.0672. The molecule has 2 atom stereocenters. The van der Waals surface area contributed by atoms with Crippen LogP contribution in [0.4, 0.5) is 0 Å². The van der Waals surface area contributed by atoms with E-state index in [4.69, 9.17) is 4.74 Å². The third-order valence-corrected chi connectivity index (χ3v) is 4.09. The predicted molar refractivity (Wildman–Crippen MR) is 92.3 cm³/mol. The molecule has 2 aromatic rings. The highest BCUT2D eigenvalue weighted by atomic mass is 16.5. The summed E-state index contributed by atoms with van der Waals surface area (Å²) in [4.78, 5) is 14.7. The molecule has 1 aromatic carbocycles. The number of amides is 1. The predicted octanol–water partition coefficient (Wildman–Crippen LogP) is 1.71. The van der Waals surface area contributed by atoms with Gasteiger partial charge in [0.2, 0.25) is 0 Å². The lowest BCUT2D eigenvalue weighted by Gasteiger charge is -2.35. The summed E-state index contributed by atoms with van der Waals surface area (Å²) in [6.45, 7) is 7.46. The standard InChI is InChI=1S/C18H24N4O2/c1-14-12-21(13-15(2)24-14)10-8-19-18(23)16-5-3-6-17(11-16)22-9-4-7-20-22/h3-7,9,11,14-15H,8,10,12-13H2,1-2H3,(H,19,23)/t14-,15-/m0/s1. The molecule has 1 N–H and O–H groups in total. The maximum atomic E-state index is 12.4. The van der Waals surface area contributed by atoms with Gasteiger partial charge in [-0.3, -0.25) is 9.69 Å². The summed E-state index contributed by atoms with van der Waals surface area (Å²) in [6.07, 6.45) is 4.07. The Morgan fingerprint density at radius 2 is 2.08 bits per heavy atom. The quantitative estimate of drug-likeness (QED) is 0.908. The minimum Gasteiger partial charge on any atom is -0.373 e. The summed E-state index contributed by atoms with van der Waals surface area (Å²) in [5.41, 5.74) is 1.52. The SMILES string of the molecule is C[C@H]1CN(CCNC(=O)c2cccc(-n3cccn3)c2)C[C@H](C)O1. The minimum absolute atomic E-state index is 0.0571. The van der Waals surface area contributed by atoms with Gasteiger partial charge in [0.25, 0.3) is 5.91 Å². The smallest absolute Gasteiger partial charge is 0.251 e. The number of hydrogen-bond donors (Lipinski definition) is 1. The van der Waals surface area contributed by atoms with E-state index in [1.807, 2.05) is 36.5 Å². The van der Waals surface area contributed by atoms with Crippen molar-refractivity contribution in [2.45, 2.75) is 26.1 Å². The fourth-order valence-electron chi connectivity index (χ4n) is 3.11. The third-order valence-electron chi connectivity index (χ3n) is 4.09. The van der Waals surface area contributed by atoms with Gasteiger partial charge in [0, 0.05) is 44.1 Å². The number of benzene rings is 1. The third kappa shape index (κ3) is 4.21. The number of hydrogen-bond acceptors (Lipinski definition) is 4. The van der Waals surface area contributed by atoms with Crippen molar-refractivity contribution in [2.75, 3.05) is 26.2 Å². The van der Waals surface area contributed by atoms with Gasteiger partial charge in [-0.15, -0.1) is 0 Å². The monoisotopic (exact) mass is 328 g/mol. The Morgan fingerprint density at radius 3 is 2.79 bits per heavy atom. The molecule has 0 radical (unpaired) electrons. The molecule has 3 rings (SSSR count). The van der Waals surface area contributed by atoms with Crippen LogP contribution in [0.1, 0.15) is 24.2 Å². The van der Waals surface area contributed by atoms with Gasteiger partial charge in [0.05, 0.1) is 17.9 Å². The summed E-state index contributed by atoms with van der Waals surface area (Å²) >= 11 is 0. The molecule has 0 spiro atoms. The second kappa shape index (κ2) is 7.59. The van der Waals surface area contributed by atoms with Crippen LogP contribution in [0.5, 0.6) is 0 Å². The molecule has 6 nitrogen and oxygen atoms in total. The van der Waals surface area contributed by atoms with Crippen molar-refractivity contribution in [3.05, 3.63) is 48.3 Å². The molecule has 1 aromatic heterocycles. The maximum Gasteiger partial charge on any atom is 0.251 e. The highest BCUT2D eigenvalue weighted by molar-refractivity contribution is 5.94. The molecule has 0 bridgehead atoms. The van der Waals surface area contributed by atoms with E-state index >= 15 is 0 Å². The number of nitrogens with zero attached hydrogens (tertiary/aromatic N) is 3. The topological polar surface area (TPSA) is 59.4 Å². The van der Waals surface area contributed by atoms with E-state index in [9.17, 15) is 4.79 Å². The van der Waals surface area contributed by atoms with E-state index in [1.165, 1.54) is 0 Å². The molecule has 0 aliphatic carbocycles. The number of nitrogens with one attached hydrogen (secondary N) is 1. The van der Waals surface area contributed by atoms with Gasteiger partial charge in [-0.25, -0.2) is 4.68 Å². The molecular formula is C18H24N4O2. The highest BCUT2D eigenvalue weighted by Crippen LogP contribution is 2.11. The van der Waals surface area contributed by atoms with Gasteiger partial charge in [0.1, 0.15) is 0 Å². The van der Waals surface area contributed by atoms with Crippen LogP contribution in [-0.2, 0) is 4.74 Å². The van der Waals surface area contributed by atoms with Gasteiger partial charge in [0.15, 0.2) is 0 Å². The molecule has 1 fully saturated rings. The van der Waals surface area contributed by atoms with Crippen LogP contribution in [0.2, 0.25) is 0 Å². The second-order valence-corrected chi connectivity index (χ2v) is 6.27. The van der Waals surface area contributed by atoms with Crippen LogP contribution >= 0.6 is 0 Å². The number of aromatic nitrogens is 2. The van der Waals surface area contributed by atoms with Crippen molar-refractivity contribution >= 4 is 5.91 Å². The van der Waals surface area contributed by atoms with E-state index in [1.54, 1.807) is 10.9 Å². The van der Waals surface area contributed by atoms with Gasteiger partial charge >= 0.3 is 0 Å². The molecule has 2 heterocycles. The molecular weight excluding hydrogens is 304 g/mol. The normalized spacial score (nSPS) is 21.6. The van der Waals surface area contributed by atoms with Crippen molar-refractivity contribution in [2.24, 2.45) is 0 Å². The molecule has 0 saturated carbocycles. The zero-order chi connectivity index (χ0) is 16.9. The van der Waals surface area contributed by atoms with E-state index < -0.39 is 0 Å². The molecule has 1 amide bonds. The van der Waals surface area contributed by atoms with Crippen LogP contribution in [0.15, 0.2) is 42.7 Å². The van der Waals surface area contributed by atoms with E-state index in [2.05, 4.69) is 29.2 Å². The van der Waals surface area contributed by atoms with Crippen LogP contribution in [0.3, 0.4) is 0 Å². The summed E-state index contributed by atoms with van der Waals surface area (Å²) in [7, 11) is 0. The fourth-order valence-corrected chi connectivity index (χ4v) is 3.11. The van der Waals surface area contributed by atoms with Gasteiger partial charge in [-0.2, -0.15) is 5.10 Å². The van der Waals surface area contributed by atoms with Crippen LogP contribution in [0.25, 0.3) is 5.69 Å². The number of ether oxygens (including phenoxy) is 1. The fraction of sp³-hybridized carbons (Fsp3) is 0.444. The Bertz CT molecular complexity index is 661. The summed E-state index contributed by atoms with van der Waals surface area (Å²) < 4.78 is 7.47.